The highest BCUT2D eigenvalue weighted by Crippen LogP contribution is 2.09. The van der Waals surface area contributed by atoms with Gasteiger partial charge in [0.05, 0.1) is 23.9 Å². The first-order valence-electron chi connectivity index (χ1n) is 7.25. The molecule has 1 amide bonds. The van der Waals surface area contributed by atoms with E-state index in [1.165, 1.54) is 24.4 Å². The SMILES string of the molecule is O=C(Cn1ccc([N+](=O)[O-])n1)Nc1ccn(Cc2cccc(F)c2)n1. The average Bonchev–Trinajstić information content (AvgIpc) is 3.17. The van der Waals surface area contributed by atoms with Crippen LogP contribution in [0, 0.1) is 15.9 Å². The first-order valence-corrected chi connectivity index (χ1v) is 7.25. The smallest absolute Gasteiger partial charge is 0.358 e. The van der Waals surface area contributed by atoms with Crippen molar-refractivity contribution in [1.29, 1.82) is 0 Å². The van der Waals surface area contributed by atoms with Gasteiger partial charge < -0.3 is 15.4 Å². The van der Waals surface area contributed by atoms with E-state index in [4.69, 9.17) is 0 Å². The van der Waals surface area contributed by atoms with Crippen LogP contribution >= 0.6 is 0 Å². The van der Waals surface area contributed by atoms with Crippen LogP contribution in [0.15, 0.2) is 48.8 Å². The predicted molar refractivity (Wildman–Crippen MR) is 85.2 cm³/mol. The first kappa shape index (κ1) is 16.3. The minimum Gasteiger partial charge on any atom is -0.358 e. The molecule has 0 bridgehead atoms. The van der Waals surface area contributed by atoms with Crippen LogP contribution in [0.5, 0.6) is 0 Å². The summed E-state index contributed by atoms with van der Waals surface area (Å²) in [5.74, 6) is -0.754. The van der Waals surface area contributed by atoms with E-state index in [1.54, 1.807) is 29.1 Å². The third kappa shape index (κ3) is 4.25. The summed E-state index contributed by atoms with van der Waals surface area (Å²) in [5, 5.41) is 21.0. The van der Waals surface area contributed by atoms with Gasteiger partial charge >= 0.3 is 5.82 Å². The molecule has 9 nitrogen and oxygen atoms in total. The Morgan fingerprint density at radius 2 is 2.00 bits per heavy atom. The Kier molecular flexibility index (Phi) is 4.50. The number of nitrogens with one attached hydrogen (secondary N) is 1. The summed E-state index contributed by atoms with van der Waals surface area (Å²) in [7, 11) is 0. The molecular weight excluding hydrogens is 331 g/mol. The molecular formula is C15H13FN6O3. The van der Waals surface area contributed by atoms with Gasteiger partial charge in [0.2, 0.25) is 5.91 Å². The minimum atomic E-state index is -0.636. The lowest BCUT2D eigenvalue weighted by Crippen LogP contribution is -2.19. The van der Waals surface area contributed by atoms with Crippen LogP contribution in [-0.4, -0.2) is 30.4 Å². The number of nitro groups is 1. The van der Waals surface area contributed by atoms with Crippen molar-refractivity contribution >= 4 is 17.5 Å². The summed E-state index contributed by atoms with van der Waals surface area (Å²) in [5.41, 5.74) is 0.741. The van der Waals surface area contributed by atoms with Crippen molar-refractivity contribution in [3.05, 3.63) is 70.3 Å². The molecule has 0 aliphatic carbocycles. The van der Waals surface area contributed by atoms with Gasteiger partial charge in [-0.2, -0.15) is 9.78 Å². The van der Waals surface area contributed by atoms with Crippen molar-refractivity contribution in [2.75, 3.05) is 5.32 Å². The molecule has 25 heavy (non-hydrogen) atoms. The van der Waals surface area contributed by atoms with E-state index in [-0.39, 0.29) is 18.2 Å². The van der Waals surface area contributed by atoms with Crippen molar-refractivity contribution in [3.8, 4) is 0 Å². The summed E-state index contributed by atoms with van der Waals surface area (Å²) < 4.78 is 15.9. The zero-order chi connectivity index (χ0) is 17.8. The molecule has 2 aromatic heterocycles. The van der Waals surface area contributed by atoms with E-state index in [9.17, 15) is 19.3 Å². The lowest BCUT2D eigenvalue weighted by atomic mass is 10.2. The molecule has 0 radical (unpaired) electrons. The highest BCUT2D eigenvalue weighted by atomic mass is 19.1. The predicted octanol–water partition coefficient (Wildman–Crippen LogP) is 1.81. The second-order valence-corrected chi connectivity index (χ2v) is 5.21. The molecule has 0 atom stereocenters. The number of benzene rings is 1. The van der Waals surface area contributed by atoms with Gasteiger partial charge in [0, 0.05) is 12.3 Å². The van der Waals surface area contributed by atoms with Gasteiger partial charge in [0.25, 0.3) is 0 Å². The van der Waals surface area contributed by atoms with Gasteiger partial charge in [-0.15, -0.1) is 0 Å². The van der Waals surface area contributed by atoms with Crippen molar-refractivity contribution < 1.29 is 14.1 Å². The van der Waals surface area contributed by atoms with Crippen LogP contribution in [-0.2, 0) is 17.9 Å². The van der Waals surface area contributed by atoms with Crippen LogP contribution in [0.1, 0.15) is 5.56 Å². The lowest BCUT2D eigenvalue weighted by Gasteiger charge is -2.03. The summed E-state index contributed by atoms with van der Waals surface area (Å²) in [6.07, 6.45) is 3.00. The van der Waals surface area contributed by atoms with Crippen molar-refractivity contribution in [2.45, 2.75) is 13.1 Å². The Labute approximate surface area is 140 Å². The van der Waals surface area contributed by atoms with Crippen molar-refractivity contribution in [2.24, 2.45) is 0 Å². The van der Waals surface area contributed by atoms with E-state index < -0.39 is 10.8 Å². The zero-order valence-electron chi connectivity index (χ0n) is 12.9. The summed E-state index contributed by atoms with van der Waals surface area (Å²) in [4.78, 5) is 21.9. The molecule has 2 heterocycles. The van der Waals surface area contributed by atoms with Gasteiger partial charge in [-0.3, -0.25) is 9.48 Å². The monoisotopic (exact) mass is 344 g/mol. The van der Waals surface area contributed by atoms with E-state index in [1.807, 2.05) is 0 Å². The number of nitrogens with zero attached hydrogens (tertiary/aromatic N) is 5. The molecule has 0 saturated heterocycles. The van der Waals surface area contributed by atoms with E-state index >= 15 is 0 Å². The molecule has 0 spiro atoms. The Hall–Kier alpha value is -3.56. The summed E-state index contributed by atoms with van der Waals surface area (Å²) in [6.45, 7) is 0.184. The molecule has 1 N–H and O–H groups in total. The van der Waals surface area contributed by atoms with Gasteiger partial charge in [-0.1, -0.05) is 12.1 Å². The fourth-order valence-electron chi connectivity index (χ4n) is 2.20. The van der Waals surface area contributed by atoms with Crippen LogP contribution < -0.4 is 5.32 Å². The Morgan fingerprint density at radius 3 is 2.72 bits per heavy atom. The number of hydrogen-bond acceptors (Lipinski definition) is 5. The Bertz CT molecular complexity index is 919. The number of aromatic nitrogens is 4. The third-order valence-corrected chi connectivity index (χ3v) is 3.26. The largest absolute Gasteiger partial charge is 0.389 e. The normalized spacial score (nSPS) is 10.6. The maximum absolute atomic E-state index is 13.2. The maximum atomic E-state index is 13.2. The van der Waals surface area contributed by atoms with E-state index in [2.05, 4.69) is 15.5 Å². The number of amides is 1. The molecule has 10 heteroatoms. The number of hydrogen-bond donors (Lipinski definition) is 1. The van der Waals surface area contributed by atoms with Gasteiger partial charge in [0.1, 0.15) is 12.4 Å². The fourth-order valence-corrected chi connectivity index (χ4v) is 2.20. The molecule has 0 aliphatic rings. The molecule has 0 saturated carbocycles. The lowest BCUT2D eigenvalue weighted by molar-refractivity contribution is -0.389. The average molecular weight is 344 g/mol. The van der Waals surface area contributed by atoms with Crippen molar-refractivity contribution in [1.82, 2.24) is 19.6 Å². The fraction of sp³-hybridized carbons (Fsp3) is 0.133. The highest BCUT2D eigenvalue weighted by Gasteiger charge is 2.14. The van der Waals surface area contributed by atoms with E-state index in [0.717, 1.165) is 10.2 Å². The van der Waals surface area contributed by atoms with Gasteiger partial charge in [-0.05, 0) is 22.6 Å². The topological polar surface area (TPSA) is 108 Å². The second-order valence-electron chi connectivity index (χ2n) is 5.21. The summed E-state index contributed by atoms with van der Waals surface area (Å²) >= 11 is 0. The molecule has 0 aliphatic heterocycles. The molecule has 0 unspecified atom stereocenters. The number of anilines is 1. The number of rotatable bonds is 6. The van der Waals surface area contributed by atoms with Gasteiger partial charge in [0.15, 0.2) is 5.82 Å². The first-order chi connectivity index (χ1) is 12.0. The van der Waals surface area contributed by atoms with Crippen LogP contribution in [0.25, 0.3) is 0 Å². The van der Waals surface area contributed by atoms with Crippen LogP contribution in [0.2, 0.25) is 0 Å². The maximum Gasteiger partial charge on any atom is 0.389 e. The highest BCUT2D eigenvalue weighted by molar-refractivity contribution is 5.89. The zero-order valence-corrected chi connectivity index (χ0v) is 12.9. The Balaban J connectivity index is 1.58. The number of carbonyl (C=O) groups is 1. The minimum absolute atomic E-state index is 0.176. The Morgan fingerprint density at radius 1 is 1.20 bits per heavy atom. The molecule has 128 valence electrons. The number of carbonyl (C=O) groups excluding carboxylic acids is 1. The molecule has 3 aromatic rings. The quantitative estimate of drug-likeness (QED) is 0.542. The standard InChI is InChI=1S/C15H13FN6O3/c16-12-3-1-2-11(8-12)9-20-6-4-13(18-20)17-15(23)10-21-7-5-14(19-21)22(24)25/h1-8H,9-10H2,(H,17,18,23). The van der Waals surface area contributed by atoms with E-state index in [0.29, 0.717) is 12.4 Å². The molecule has 0 fully saturated rings. The molecule has 1 aromatic carbocycles. The van der Waals surface area contributed by atoms with Crippen molar-refractivity contribution in [3.63, 3.8) is 0 Å². The van der Waals surface area contributed by atoms with Gasteiger partial charge in [-0.25, -0.2) is 4.39 Å². The van der Waals surface area contributed by atoms with Crippen LogP contribution in [0.4, 0.5) is 16.0 Å². The number of halogens is 1. The molecule has 3 rings (SSSR count). The second kappa shape index (κ2) is 6.91. The third-order valence-electron chi connectivity index (χ3n) is 3.26. The van der Waals surface area contributed by atoms with Crippen LogP contribution in [0.3, 0.4) is 0 Å². The summed E-state index contributed by atoms with van der Waals surface area (Å²) in [6, 6.07) is 8.96.